The van der Waals surface area contributed by atoms with Crippen molar-refractivity contribution in [2.45, 2.75) is 26.8 Å². The van der Waals surface area contributed by atoms with Crippen molar-refractivity contribution < 1.29 is 4.74 Å². The van der Waals surface area contributed by atoms with Gasteiger partial charge < -0.3 is 15.0 Å². The van der Waals surface area contributed by atoms with Crippen LogP contribution in [-0.4, -0.2) is 12.1 Å². The number of hydrogen-bond acceptors (Lipinski definition) is 2. The molecule has 4 rings (SSSR count). The summed E-state index contributed by atoms with van der Waals surface area (Å²) in [6, 6.07) is 23.2. The lowest BCUT2D eigenvalue weighted by atomic mass is 9.94. The van der Waals surface area contributed by atoms with Crippen LogP contribution in [0.4, 0.5) is 5.69 Å². The second-order valence-electron chi connectivity index (χ2n) is 7.33. The van der Waals surface area contributed by atoms with Crippen LogP contribution in [0.5, 0.6) is 5.75 Å². The van der Waals surface area contributed by atoms with Gasteiger partial charge in [0.15, 0.2) is 0 Å². The van der Waals surface area contributed by atoms with Crippen molar-refractivity contribution in [1.82, 2.24) is 4.98 Å². The highest BCUT2D eigenvalue weighted by Gasteiger charge is 2.23. The summed E-state index contributed by atoms with van der Waals surface area (Å²) < 4.78 is 5.71. The van der Waals surface area contributed by atoms with Crippen molar-refractivity contribution in [3.63, 3.8) is 0 Å². The van der Waals surface area contributed by atoms with Crippen LogP contribution in [0.1, 0.15) is 34.0 Å². The minimum absolute atomic E-state index is 0.0330. The number of aromatic nitrogens is 1. The first-order valence-electron chi connectivity index (χ1n) is 9.62. The number of hydrogen-bond donors (Lipinski definition) is 2. The van der Waals surface area contributed by atoms with E-state index < -0.39 is 0 Å². The molecule has 0 saturated carbocycles. The molecule has 0 bridgehead atoms. The van der Waals surface area contributed by atoms with Gasteiger partial charge in [-0.05, 0) is 56.2 Å². The molecule has 1 aromatic heterocycles. The van der Waals surface area contributed by atoms with Gasteiger partial charge in [0.05, 0.1) is 13.2 Å². The number of aromatic amines is 1. The molecular weight excluding hydrogens is 344 g/mol. The summed E-state index contributed by atoms with van der Waals surface area (Å²) in [6.45, 7) is 6.43. The Morgan fingerprint density at radius 1 is 0.857 bits per heavy atom. The highest BCUT2D eigenvalue weighted by Crippen LogP contribution is 2.38. The molecule has 0 fully saturated rings. The van der Waals surface area contributed by atoms with Gasteiger partial charge in [0.2, 0.25) is 0 Å². The lowest BCUT2D eigenvalue weighted by molar-refractivity contribution is 0.408. The van der Waals surface area contributed by atoms with Crippen molar-refractivity contribution in [1.29, 1.82) is 0 Å². The van der Waals surface area contributed by atoms with E-state index in [-0.39, 0.29) is 6.04 Å². The second kappa shape index (κ2) is 7.43. The quantitative estimate of drug-likeness (QED) is 0.432. The van der Waals surface area contributed by atoms with Crippen molar-refractivity contribution >= 4 is 16.6 Å². The summed E-state index contributed by atoms with van der Waals surface area (Å²) in [5.41, 5.74) is 8.35. The molecule has 2 N–H and O–H groups in total. The van der Waals surface area contributed by atoms with E-state index in [1.165, 1.54) is 22.1 Å². The molecule has 1 atom stereocenters. The summed E-state index contributed by atoms with van der Waals surface area (Å²) in [4.78, 5) is 3.54. The van der Waals surface area contributed by atoms with Crippen LogP contribution in [-0.2, 0) is 0 Å². The number of rotatable bonds is 5. The average Bonchev–Trinajstić information content (AvgIpc) is 3.04. The van der Waals surface area contributed by atoms with Gasteiger partial charge in [-0.1, -0.05) is 42.5 Å². The number of methoxy groups -OCH3 is 1. The number of fused-ring (bicyclic) bond motifs is 1. The van der Waals surface area contributed by atoms with Gasteiger partial charge in [0, 0.05) is 33.4 Å². The zero-order valence-electron chi connectivity index (χ0n) is 16.8. The van der Waals surface area contributed by atoms with Gasteiger partial charge in [0.25, 0.3) is 0 Å². The first-order valence-corrected chi connectivity index (χ1v) is 9.62. The fraction of sp³-hybridized carbons (Fsp3) is 0.200. The molecule has 3 nitrogen and oxygen atoms in total. The molecule has 142 valence electrons. The topological polar surface area (TPSA) is 37.0 Å². The van der Waals surface area contributed by atoms with Crippen molar-refractivity contribution in [3.8, 4) is 5.75 Å². The van der Waals surface area contributed by atoms with E-state index in [0.717, 1.165) is 28.2 Å². The van der Waals surface area contributed by atoms with E-state index in [1.54, 1.807) is 7.11 Å². The third-order valence-corrected chi connectivity index (χ3v) is 5.50. The van der Waals surface area contributed by atoms with Gasteiger partial charge in [-0.25, -0.2) is 0 Å². The molecule has 4 aromatic rings. The summed E-state index contributed by atoms with van der Waals surface area (Å²) >= 11 is 0. The molecule has 3 heteroatoms. The average molecular weight is 370 g/mol. The first-order chi connectivity index (χ1) is 13.6. The monoisotopic (exact) mass is 370 g/mol. The zero-order chi connectivity index (χ0) is 19.7. The lowest BCUT2D eigenvalue weighted by Crippen LogP contribution is -2.14. The van der Waals surface area contributed by atoms with E-state index in [0.29, 0.717) is 0 Å². The molecule has 0 aliphatic carbocycles. The normalized spacial score (nSPS) is 12.1. The van der Waals surface area contributed by atoms with Crippen LogP contribution in [0.2, 0.25) is 0 Å². The summed E-state index contributed by atoms with van der Waals surface area (Å²) in [5.74, 6) is 0.883. The van der Waals surface area contributed by atoms with Crippen LogP contribution < -0.4 is 10.1 Å². The Hall–Kier alpha value is -3.20. The van der Waals surface area contributed by atoms with E-state index in [2.05, 4.69) is 85.7 Å². The molecule has 0 radical (unpaired) electrons. The Morgan fingerprint density at radius 2 is 1.61 bits per heavy atom. The number of benzene rings is 3. The molecule has 28 heavy (non-hydrogen) atoms. The largest absolute Gasteiger partial charge is 0.496 e. The number of aryl methyl sites for hydroxylation is 3. The Morgan fingerprint density at radius 3 is 2.39 bits per heavy atom. The van der Waals surface area contributed by atoms with Gasteiger partial charge in [-0.15, -0.1) is 0 Å². The predicted molar refractivity (Wildman–Crippen MR) is 117 cm³/mol. The molecule has 1 heterocycles. The number of ether oxygens (including phenoxy) is 1. The summed E-state index contributed by atoms with van der Waals surface area (Å²) in [6.07, 6.45) is 0. The maximum Gasteiger partial charge on any atom is 0.124 e. The Bertz CT molecular complexity index is 1130. The molecule has 0 saturated heterocycles. The van der Waals surface area contributed by atoms with Gasteiger partial charge in [-0.3, -0.25) is 0 Å². The van der Waals surface area contributed by atoms with Gasteiger partial charge in [0.1, 0.15) is 5.75 Å². The van der Waals surface area contributed by atoms with Crippen molar-refractivity contribution in [3.05, 3.63) is 94.7 Å². The number of para-hydroxylation sites is 2. The van der Waals surface area contributed by atoms with E-state index in [1.807, 2.05) is 12.1 Å². The Balaban J connectivity index is 1.90. The predicted octanol–water partition coefficient (Wildman–Crippen LogP) is 6.30. The van der Waals surface area contributed by atoms with E-state index >= 15 is 0 Å². The Labute approximate surface area is 166 Å². The number of H-pyrrole nitrogens is 1. The van der Waals surface area contributed by atoms with E-state index in [9.17, 15) is 0 Å². The van der Waals surface area contributed by atoms with Gasteiger partial charge >= 0.3 is 0 Å². The first kappa shape index (κ1) is 18.2. The molecule has 0 spiro atoms. The lowest BCUT2D eigenvalue weighted by Gasteiger charge is -2.24. The van der Waals surface area contributed by atoms with Crippen LogP contribution in [0.25, 0.3) is 10.9 Å². The fourth-order valence-electron chi connectivity index (χ4n) is 3.88. The van der Waals surface area contributed by atoms with Crippen LogP contribution in [0.3, 0.4) is 0 Å². The minimum atomic E-state index is -0.0330. The summed E-state index contributed by atoms with van der Waals surface area (Å²) in [7, 11) is 1.73. The standard InChI is InChI=1S/C25H26N2O/c1-16-13-14-19(15-17(16)2)27-25(21-10-6-8-12-23(21)28-4)24-18(3)26-22-11-7-5-9-20(22)24/h5-15,25-27H,1-4H3. The van der Waals surface area contributed by atoms with E-state index in [4.69, 9.17) is 4.74 Å². The maximum atomic E-state index is 5.71. The molecule has 0 amide bonds. The molecule has 3 aromatic carbocycles. The fourth-order valence-corrected chi connectivity index (χ4v) is 3.88. The number of anilines is 1. The third-order valence-electron chi connectivity index (χ3n) is 5.50. The molecule has 1 unspecified atom stereocenters. The molecule has 0 aliphatic rings. The third kappa shape index (κ3) is 3.24. The van der Waals surface area contributed by atoms with Gasteiger partial charge in [-0.2, -0.15) is 0 Å². The van der Waals surface area contributed by atoms with Crippen LogP contribution >= 0.6 is 0 Å². The van der Waals surface area contributed by atoms with Crippen molar-refractivity contribution in [2.75, 3.05) is 12.4 Å². The minimum Gasteiger partial charge on any atom is -0.496 e. The van der Waals surface area contributed by atoms with Crippen LogP contribution in [0, 0.1) is 20.8 Å². The highest BCUT2D eigenvalue weighted by molar-refractivity contribution is 5.86. The zero-order valence-corrected chi connectivity index (χ0v) is 16.8. The molecular formula is C25H26N2O. The number of nitrogens with one attached hydrogen (secondary N) is 2. The summed E-state index contributed by atoms with van der Waals surface area (Å²) in [5, 5.41) is 5.00. The second-order valence-corrected chi connectivity index (χ2v) is 7.33. The van der Waals surface area contributed by atoms with Crippen molar-refractivity contribution in [2.24, 2.45) is 0 Å². The molecule has 0 aliphatic heterocycles. The maximum absolute atomic E-state index is 5.71. The van der Waals surface area contributed by atoms with Crippen LogP contribution in [0.15, 0.2) is 66.7 Å². The SMILES string of the molecule is COc1ccccc1C(Nc1ccc(C)c(C)c1)c1c(C)[nH]c2ccccc12. The highest BCUT2D eigenvalue weighted by atomic mass is 16.5. The Kier molecular flexibility index (Phi) is 4.82. The smallest absolute Gasteiger partial charge is 0.124 e.